The van der Waals surface area contributed by atoms with Gasteiger partial charge in [-0.05, 0) is 0 Å². The van der Waals surface area contributed by atoms with Gasteiger partial charge in [0.05, 0.1) is 0 Å². The average molecular weight is 194 g/mol. The predicted octanol–water partition coefficient (Wildman–Crippen LogP) is 1.46. The van der Waals surface area contributed by atoms with Crippen molar-refractivity contribution in [3.63, 3.8) is 0 Å². The first-order valence-corrected chi connectivity index (χ1v) is 3.27. The second kappa shape index (κ2) is 16.7. The van der Waals surface area contributed by atoms with Crippen LogP contribution in [0.15, 0.2) is 25.3 Å². The van der Waals surface area contributed by atoms with Crippen LogP contribution in [0.4, 0.5) is 0 Å². The number of rotatable bonds is 4. The Labute approximate surface area is 79.6 Å². The third kappa shape index (κ3) is 60.4. The molecule has 2 N–H and O–H groups in total. The van der Waals surface area contributed by atoms with Crippen molar-refractivity contribution in [1.82, 2.24) is 5.32 Å². The average Bonchev–Trinajstić information content (AvgIpc) is 1.88. The van der Waals surface area contributed by atoms with Crippen LogP contribution in [0.5, 0.6) is 0 Å². The molecule has 3 nitrogen and oxygen atoms in total. The Kier molecular flexibility index (Phi) is 24.1. The largest absolute Gasteiger partial charge is 0.481 e. The van der Waals surface area contributed by atoms with Gasteiger partial charge in [-0.25, -0.2) is 0 Å². The second-order valence-electron chi connectivity index (χ2n) is 1.75. The highest BCUT2D eigenvalue weighted by atomic mass is 35.5. The number of carboxylic acids is 1. The molecule has 0 fully saturated rings. The Morgan fingerprint density at radius 2 is 1.67 bits per heavy atom. The number of halogens is 1. The summed E-state index contributed by atoms with van der Waals surface area (Å²) < 4.78 is 0. The fourth-order valence-corrected chi connectivity index (χ4v) is 0.287. The molecule has 0 spiro atoms. The number of aliphatic carboxylic acids is 1. The molecule has 0 amide bonds. The molecule has 0 bridgehead atoms. The first-order valence-electron chi connectivity index (χ1n) is 3.27. The van der Waals surface area contributed by atoms with Crippen LogP contribution in [0.1, 0.15) is 6.92 Å². The zero-order chi connectivity index (χ0) is 9.11. The Balaban J connectivity index is -0.000000142. The van der Waals surface area contributed by atoms with Crippen LogP contribution in [0.2, 0.25) is 0 Å². The van der Waals surface area contributed by atoms with Gasteiger partial charge in [-0.2, -0.15) is 0 Å². The predicted molar refractivity (Wildman–Crippen MR) is 53.8 cm³/mol. The minimum Gasteiger partial charge on any atom is -0.481 e. The molecule has 0 rings (SSSR count). The molecule has 4 heteroatoms. The molecule has 72 valence electrons. The van der Waals surface area contributed by atoms with Crippen molar-refractivity contribution in [2.75, 3.05) is 13.1 Å². The van der Waals surface area contributed by atoms with E-state index in [0.717, 1.165) is 20.0 Å². The third-order valence-electron chi connectivity index (χ3n) is 0.577. The van der Waals surface area contributed by atoms with Gasteiger partial charge in [-0.1, -0.05) is 12.2 Å². The van der Waals surface area contributed by atoms with Crippen LogP contribution in [0.25, 0.3) is 0 Å². The van der Waals surface area contributed by atoms with E-state index in [0.29, 0.717) is 0 Å². The van der Waals surface area contributed by atoms with Gasteiger partial charge in [0, 0.05) is 20.0 Å². The topological polar surface area (TPSA) is 49.3 Å². The third-order valence-corrected chi connectivity index (χ3v) is 0.577. The Bertz CT molecular complexity index is 114. The van der Waals surface area contributed by atoms with Crippen molar-refractivity contribution < 1.29 is 9.90 Å². The molecule has 0 aromatic carbocycles. The van der Waals surface area contributed by atoms with Gasteiger partial charge in [-0.3, -0.25) is 4.79 Å². The molecule has 0 saturated heterocycles. The molecule has 12 heavy (non-hydrogen) atoms. The van der Waals surface area contributed by atoms with Gasteiger partial charge in [0.25, 0.3) is 5.97 Å². The van der Waals surface area contributed by atoms with Gasteiger partial charge < -0.3 is 10.4 Å². The van der Waals surface area contributed by atoms with Crippen molar-refractivity contribution >= 4 is 18.4 Å². The molecule has 0 unspecified atom stereocenters. The standard InChI is InChI=1S/C6H11N.C2H4O2.ClH/c1-3-5-7-6-4-2;1-2(3)4;/h3-4,7H,1-2,5-6H2;1H3,(H,3,4);1H. The highest BCUT2D eigenvalue weighted by Gasteiger charge is 1.69. The number of nitrogens with one attached hydrogen (secondary N) is 1. The van der Waals surface area contributed by atoms with E-state index in [1.54, 1.807) is 0 Å². The van der Waals surface area contributed by atoms with Gasteiger partial charge in [0.1, 0.15) is 0 Å². The van der Waals surface area contributed by atoms with E-state index in [1.165, 1.54) is 0 Å². The van der Waals surface area contributed by atoms with Gasteiger partial charge >= 0.3 is 0 Å². The fraction of sp³-hybridized carbons (Fsp3) is 0.375. The van der Waals surface area contributed by atoms with E-state index in [1.807, 2.05) is 12.2 Å². The lowest BCUT2D eigenvalue weighted by Crippen LogP contribution is -2.11. The lowest BCUT2D eigenvalue weighted by Gasteiger charge is -1.90. The van der Waals surface area contributed by atoms with Crippen molar-refractivity contribution in [2.24, 2.45) is 0 Å². The zero-order valence-corrected chi connectivity index (χ0v) is 8.06. The number of hydrogen-bond donors (Lipinski definition) is 2. The second-order valence-corrected chi connectivity index (χ2v) is 1.75. The minimum absolute atomic E-state index is 0. The monoisotopic (exact) mass is 193 g/mol. The normalized spacial score (nSPS) is 6.75. The van der Waals surface area contributed by atoms with Crippen molar-refractivity contribution in [2.45, 2.75) is 6.92 Å². The van der Waals surface area contributed by atoms with Crippen molar-refractivity contribution in [3.05, 3.63) is 25.3 Å². The van der Waals surface area contributed by atoms with Crippen LogP contribution in [0, 0.1) is 0 Å². The highest BCUT2D eigenvalue weighted by Crippen LogP contribution is 1.59. The van der Waals surface area contributed by atoms with Crippen LogP contribution < -0.4 is 5.32 Å². The first kappa shape index (κ1) is 17.3. The summed E-state index contributed by atoms with van der Waals surface area (Å²) in [4.78, 5) is 9.00. The summed E-state index contributed by atoms with van der Waals surface area (Å²) in [5.74, 6) is -0.833. The van der Waals surface area contributed by atoms with Crippen molar-refractivity contribution in [3.8, 4) is 0 Å². The van der Waals surface area contributed by atoms with Gasteiger partial charge in [-0.15, -0.1) is 25.6 Å². The summed E-state index contributed by atoms with van der Waals surface area (Å²) >= 11 is 0. The van der Waals surface area contributed by atoms with Crippen LogP contribution in [-0.2, 0) is 4.79 Å². The lowest BCUT2D eigenvalue weighted by molar-refractivity contribution is -0.134. The van der Waals surface area contributed by atoms with Gasteiger partial charge in [0.2, 0.25) is 0 Å². The fourth-order valence-electron chi connectivity index (χ4n) is 0.287. The quantitative estimate of drug-likeness (QED) is 0.525. The maximum absolute atomic E-state index is 9.00. The Morgan fingerprint density at radius 3 is 1.83 bits per heavy atom. The summed E-state index contributed by atoms with van der Waals surface area (Å²) in [7, 11) is 0. The molecular weight excluding hydrogens is 178 g/mol. The minimum atomic E-state index is -0.833. The smallest absolute Gasteiger partial charge is 0.300 e. The van der Waals surface area contributed by atoms with E-state index in [4.69, 9.17) is 9.90 Å². The summed E-state index contributed by atoms with van der Waals surface area (Å²) in [6.07, 6.45) is 3.65. The molecule has 0 aromatic heterocycles. The van der Waals surface area contributed by atoms with Crippen LogP contribution in [-0.4, -0.2) is 24.2 Å². The Hall–Kier alpha value is -0.800. The van der Waals surface area contributed by atoms with E-state index >= 15 is 0 Å². The lowest BCUT2D eigenvalue weighted by atomic mass is 10.5. The van der Waals surface area contributed by atoms with Gasteiger partial charge in [0.15, 0.2) is 0 Å². The highest BCUT2D eigenvalue weighted by molar-refractivity contribution is 5.85. The molecular formula is C8H16ClNO2. The van der Waals surface area contributed by atoms with E-state index in [9.17, 15) is 0 Å². The first-order chi connectivity index (χ1) is 5.15. The summed E-state index contributed by atoms with van der Waals surface area (Å²) in [6, 6.07) is 0. The SMILES string of the molecule is C=CCNCC=C.CC(=O)O.Cl. The van der Waals surface area contributed by atoms with Crippen molar-refractivity contribution in [1.29, 1.82) is 0 Å². The molecule has 0 atom stereocenters. The maximum atomic E-state index is 9.00. The summed E-state index contributed by atoms with van der Waals surface area (Å²) in [5, 5.41) is 10.5. The number of carboxylic acid groups (broad SMARTS) is 1. The van der Waals surface area contributed by atoms with E-state index in [-0.39, 0.29) is 12.4 Å². The molecule has 0 saturated carbocycles. The molecule has 0 aliphatic heterocycles. The Morgan fingerprint density at radius 1 is 1.42 bits per heavy atom. The number of hydrogen-bond acceptors (Lipinski definition) is 2. The van der Waals surface area contributed by atoms with Crippen LogP contribution in [0.3, 0.4) is 0 Å². The molecule has 0 aliphatic carbocycles. The molecule has 0 aliphatic rings. The number of carbonyl (C=O) groups is 1. The van der Waals surface area contributed by atoms with Crippen LogP contribution >= 0.6 is 12.4 Å². The molecule has 0 aromatic rings. The zero-order valence-electron chi connectivity index (χ0n) is 7.25. The molecule has 0 radical (unpaired) electrons. The maximum Gasteiger partial charge on any atom is 0.300 e. The molecule has 0 heterocycles. The summed E-state index contributed by atoms with van der Waals surface area (Å²) in [6.45, 7) is 9.89. The van der Waals surface area contributed by atoms with E-state index < -0.39 is 5.97 Å². The summed E-state index contributed by atoms with van der Waals surface area (Å²) in [5.41, 5.74) is 0. The van der Waals surface area contributed by atoms with E-state index in [2.05, 4.69) is 18.5 Å².